The zero-order valence-corrected chi connectivity index (χ0v) is 17.4. The molecular formula is C25H20BrP. The molecule has 0 N–H and O–H groups in total. The van der Waals surface area contributed by atoms with Crippen molar-refractivity contribution < 1.29 is 0 Å². The van der Waals surface area contributed by atoms with Crippen LogP contribution in [0, 0.1) is 0 Å². The van der Waals surface area contributed by atoms with Crippen molar-refractivity contribution in [2.45, 2.75) is 6.42 Å². The molecule has 0 spiro atoms. The molecule has 0 atom stereocenters. The fourth-order valence-electron chi connectivity index (χ4n) is 3.28. The van der Waals surface area contributed by atoms with Gasteiger partial charge in [0, 0.05) is 4.47 Å². The van der Waals surface area contributed by atoms with Crippen molar-refractivity contribution in [2.24, 2.45) is 0 Å². The van der Waals surface area contributed by atoms with E-state index in [2.05, 4.69) is 125 Å². The number of hydrogen-bond acceptors (Lipinski definition) is 0. The maximum Gasteiger partial charge on any atom is 0.0175 e. The summed E-state index contributed by atoms with van der Waals surface area (Å²) in [5, 5.41) is 4.22. The molecular weight excluding hydrogens is 411 g/mol. The standard InChI is InChI=1S/C25H20BrP/c26-22-17-15-20(16-18-22)19-21-9-7-8-14-25(21)27(23-10-3-1-4-11-23)24-12-5-2-6-13-24/h1-18H,19H2. The Morgan fingerprint density at radius 2 is 1.07 bits per heavy atom. The van der Waals surface area contributed by atoms with Crippen molar-refractivity contribution in [3.8, 4) is 0 Å². The van der Waals surface area contributed by atoms with Crippen LogP contribution in [0.25, 0.3) is 0 Å². The summed E-state index contributed by atoms with van der Waals surface area (Å²) in [4.78, 5) is 0. The third-order valence-corrected chi connectivity index (χ3v) is 7.64. The van der Waals surface area contributed by atoms with Crippen molar-refractivity contribution in [1.82, 2.24) is 0 Å². The highest BCUT2D eigenvalue weighted by Gasteiger charge is 2.19. The maximum absolute atomic E-state index is 3.53. The molecule has 27 heavy (non-hydrogen) atoms. The summed E-state index contributed by atoms with van der Waals surface area (Å²) in [5.41, 5.74) is 2.74. The van der Waals surface area contributed by atoms with Crippen LogP contribution in [0.3, 0.4) is 0 Å². The van der Waals surface area contributed by atoms with E-state index in [0.717, 1.165) is 10.9 Å². The second-order valence-electron chi connectivity index (χ2n) is 6.44. The summed E-state index contributed by atoms with van der Waals surface area (Å²) in [5.74, 6) is 0. The van der Waals surface area contributed by atoms with Crippen molar-refractivity contribution in [3.05, 3.63) is 125 Å². The van der Waals surface area contributed by atoms with Crippen LogP contribution in [-0.2, 0) is 6.42 Å². The zero-order valence-electron chi connectivity index (χ0n) is 14.9. The molecule has 0 aliphatic heterocycles. The Labute approximate surface area is 170 Å². The highest BCUT2D eigenvalue weighted by molar-refractivity contribution is 9.10. The van der Waals surface area contributed by atoms with E-state index in [1.54, 1.807) is 0 Å². The van der Waals surface area contributed by atoms with Gasteiger partial charge in [-0.25, -0.2) is 0 Å². The summed E-state index contributed by atoms with van der Waals surface area (Å²) in [6.07, 6.45) is 0.946. The lowest BCUT2D eigenvalue weighted by Gasteiger charge is -2.22. The monoisotopic (exact) mass is 430 g/mol. The van der Waals surface area contributed by atoms with Gasteiger partial charge in [0.15, 0.2) is 0 Å². The fourth-order valence-corrected chi connectivity index (χ4v) is 6.02. The van der Waals surface area contributed by atoms with Crippen LogP contribution >= 0.6 is 23.9 Å². The van der Waals surface area contributed by atoms with Crippen LogP contribution in [0.2, 0.25) is 0 Å². The van der Waals surface area contributed by atoms with Crippen LogP contribution in [0.15, 0.2) is 114 Å². The molecule has 132 valence electrons. The Hall–Kier alpha value is -2.21. The predicted molar refractivity (Wildman–Crippen MR) is 122 cm³/mol. The first-order chi connectivity index (χ1) is 13.3. The number of rotatable bonds is 5. The largest absolute Gasteiger partial charge is 0.0622 e. The topological polar surface area (TPSA) is 0 Å². The first-order valence-corrected chi connectivity index (χ1v) is 11.2. The molecule has 0 unspecified atom stereocenters. The van der Waals surface area contributed by atoms with Crippen molar-refractivity contribution in [2.75, 3.05) is 0 Å². The summed E-state index contributed by atoms with van der Waals surface area (Å²) < 4.78 is 1.12. The van der Waals surface area contributed by atoms with Crippen LogP contribution in [-0.4, -0.2) is 0 Å². The third-order valence-electron chi connectivity index (χ3n) is 4.57. The molecule has 4 rings (SSSR count). The third kappa shape index (κ3) is 4.38. The van der Waals surface area contributed by atoms with Gasteiger partial charge in [-0.1, -0.05) is 113 Å². The first-order valence-electron chi connectivity index (χ1n) is 9.04. The molecule has 0 aromatic heterocycles. The summed E-state index contributed by atoms with van der Waals surface area (Å²) in [6, 6.07) is 39.3. The first kappa shape index (κ1) is 18.2. The van der Waals surface area contributed by atoms with E-state index in [0.29, 0.717) is 0 Å². The lowest BCUT2D eigenvalue weighted by molar-refractivity contribution is 1.21. The van der Waals surface area contributed by atoms with Crippen LogP contribution < -0.4 is 15.9 Å². The average molecular weight is 431 g/mol. The van der Waals surface area contributed by atoms with Gasteiger partial charge in [0.25, 0.3) is 0 Å². The minimum Gasteiger partial charge on any atom is -0.0622 e. The van der Waals surface area contributed by atoms with Gasteiger partial charge in [-0.2, -0.15) is 0 Å². The van der Waals surface area contributed by atoms with E-state index in [9.17, 15) is 0 Å². The van der Waals surface area contributed by atoms with E-state index in [-0.39, 0.29) is 0 Å². The second kappa shape index (κ2) is 8.65. The van der Waals surface area contributed by atoms with Gasteiger partial charge in [-0.05, 0) is 53.5 Å². The minimum absolute atomic E-state index is 0.578. The maximum atomic E-state index is 3.53. The summed E-state index contributed by atoms with van der Waals surface area (Å²) >= 11 is 3.53. The van der Waals surface area contributed by atoms with Crippen LogP contribution in [0.4, 0.5) is 0 Å². The van der Waals surface area contributed by atoms with E-state index in [4.69, 9.17) is 0 Å². The predicted octanol–water partition coefficient (Wildman–Crippen LogP) is 5.80. The van der Waals surface area contributed by atoms with E-state index in [1.807, 2.05) is 0 Å². The van der Waals surface area contributed by atoms with Crippen molar-refractivity contribution in [1.29, 1.82) is 0 Å². The molecule has 0 nitrogen and oxygen atoms in total. The molecule has 2 heteroatoms. The Bertz CT molecular complexity index is 956. The Kier molecular flexibility index (Phi) is 5.82. The molecule has 0 aliphatic rings. The second-order valence-corrected chi connectivity index (χ2v) is 9.54. The van der Waals surface area contributed by atoms with Gasteiger partial charge in [0.2, 0.25) is 0 Å². The van der Waals surface area contributed by atoms with Gasteiger partial charge in [0.1, 0.15) is 0 Å². The highest BCUT2D eigenvalue weighted by Crippen LogP contribution is 2.34. The lowest BCUT2D eigenvalue weighted by atomic mass is 10.1. The van der Waals surface area contributed by atoms with Gasteiger partial charge in [0.05, 0.1) is 0 Å². The summed E-state index contributed by atoms with van der Waals surface area (Å²) in [7, 11) is -0.578. The average Bonchev–Trinajstić information content (AvgIpc) is 2.73. The van der Waals surface area contributed by atoms with E-state index in [1.165, 1.54) is 27.0 Å². The number of benzene rings is 4. The smallest absolute Gasteiger partial charge is 0.0175 e. The van der Waals surface area contributed by atoms with Crippen LogP contribution in [0.1, 0.15) is 11.1 Å². The molecule has 0 saturated heterocycles. The Balaban J connectivity index is 1.80. The number of hydrogen-bond donors (Lipinski definition) is 0. The molecule has 0 bridgehead atoms. The van der Waals surface area contributed by atoms with E-state index < -0.39 is 7.92 Å². The quantitative estimate of drug-likeness (QED) is 0.351. The zero-order chi connectivity index (χ0) is 18.5. The normalized spacial score (nSPS) is 10.9. The number of halogens is 1. The highest BCUT2D eigenvalue weighted by atomic mass is 79.9. The molecule has 0 radical (unpaired) electrons. The fraction of sp³-hybridized carbons (Fsp3) is 0.0400. The Morgan fingerprint density at radius 1 is 0.556 bits per heavy atom. The molecule has 0 aliphatic carbocycles. The molecule has 0 heterocycles. The summed E-state index contributed by atoms with van der Waals surface area (Å²) in [6.45, 7) is 0. The van der Waals surface area contributed by atoms with Gasteiger partial charge in [-0.15, -0.1) is 0 Å². The van der Waals surface area contributed by atoms with Gasteiger partial charge in [-0.3, -0.25) is 0 Å². The lowest BCUT2D eigenvalue weighted by Crippen LogP contribution is -2.23. The van der Waals surface area contributed by atoms with Crippen LogP contribution in [0.5, 0.6) is 0 Å². The van der Waals surface area contributed by atoms with Gasteiger partial charge < -0.3 is 0 Å². The van der Waals surface area contributed by atoms with E-state index >= 15 is 0 Å². The molecule has 4 aromatic carbocycles. The molecule has 0 amide bonds. The van der Waals surface area contributed by atoms with Crippen molar-refractivity contribution in [3.63, 3.8) is 0 Å². The van der Waals surface area contributed by atoms with Gasteiger partial charge >= 0.3 is 0 Å². The minimum atomic E-state index is -0.578. The van der Waals surface area contributed by atoms with Crippen molar-refractivity contribution >= 4 is 39.8 Å². The Morgan fingerprint density at radius 3 is 1.67 bits per heavy atom. The molecule has 0 saturated carbocycles. The SMILES string of the molecule is Brc1ccc(Cc2ccccc2P(c2ccccc2)c2ccccc2)cc1. The molecule has 0 fully saturated rings. The molecule has 4 aromatic rings.